The van der Waals surface area contributed by atoms with Gasteiger partial charge in [0, 0.05) is 12.8 Å². The van der Waals surface area contributed by atoms with Crippen molar-refractivity contribution >= 4 is 11.9 Å². The molecule has 6 heteroatoms. The van der Waals surface area contributed by atoms with Crippen molar-refractivity contribution in [2.45, 2.75) is 296 Å². The van der Waals surface area contributed by atoms with Gasteiger partial charge in [-0.3, -0.25) is 9.59 Å². The lowest BCUT2D eigenvalue weighted by atomic mass is 10.0. The van der Waals surface area contributed by atoms with E-state index in [1.54, 1.807) is 6.08 Å². The topological polar surface area (TPSA) is 95.9 Å². The van der Waals surface area contributed by atoms with Crippen LogP contribution < -0.4 is 5.32 Å². The van der Waals surface area contributed by atoms with E-state index in [1.807, 2.05) is 6.08 Å². The van der Waals surface area contributed by atoms with Crippen LogP contribution in [0, 0.1) is 0 Å². The van der Waals surface area contributed by atoms with E-state index in [1.165, 1.54) is 173 Å². The van der Waals surface area contributed by atoms with E-state index in [2.05, 4.69) is 67.8 Å². The standard InChI is InChI=1S/C60H109NO5/c1-3-5-7-9-11-13-15-16-17-18-20-24-27-30-34-38-42-46-50-54-60(65)66-55-51-47-43-39-35-31-28-25-22-19-21-23-26-29-33-37-41-45-49-53-59(64)61-57(56-62)58(63)52-48-44-40-36-32-14-12-10-8-6-4-2/h11,13,16-17,25,28,31,35,48,52,57-58,62-63H,3-10,12,14-15,18-24,26-27,29-30,32-34,36-47,49-51,53-56H2,1-2H3,(H,61,64)/b13-11-,17-16-,28-25-,35-31-,52-48+. The molecule has 0 heterocycles. The Bertz CT molecular complexity index is 1160. The number of aliphatic hydroxyl groups is 2. The maximum atomic E-state index is 12.4. The molecular weight excluding hydrogens is 815 g/mol. The SMILES string of the molecule is CCCCC/C=C\C/C=C\CCCCCCCCCCCC(=O)OCCCCC/C=C\C=C/CCCCCCCCCCCCC(=O)NC(CO)C(O)/C=C/CCCCCCCCCCC. The Balaban J connectivity index is 3.48. The molecule has 0 radical (unpaired) electrons. The van der Waals surface area contributed by atoms with E-state index < -0.39 is 12.1 Å². The average molecular weight is 925 g/mol. The minimum absolute atomic E-state index is 0.0189. The first-order valence-corrected chi connectivity index (χ1v) is 28.6. The highest BCUT2D eigenvalue weighted by Crippen LogP contribution is 2.15. The van der Waals surface area contributed by atoms with Crippen LogP contribution in [0.3, 0.4) is 0 Å². The molecule has 3 N–H and O–H groups in total. The normalized spacial score (nSPS) is 13.1. The van der Waals surface area contributed by atoms with E-state index in [-0.39, 0.29) is 18.5 Å². The molecular formula is C60H109NO5. The van der Waals surface area contributed by atoms with Gasteiger partial charge in [-0.15, -0.1) is 0 Å². The van der Waals surface area contributed by atoms with E-state index in [0.717, 1.165) is 83.5 Å². The lowest BCUT2D eigenvalue weighted by molar-refractivity contribution is -0.143. The van der Waals surface area contributed by atoms with Crippen molar-refractivity contribution in [3.8, 4) is 0 Å². The number of nitrogens with one attached hydrogen (secondary N) is 1. The molecule has 0 aliphatic rings. The van der Waals surface area contributed by atoms with Gasteiger partial charge in [0.1, 0.15) is 0 Å². The molecule has 2 atom stereocenters. The zero-order valence-electron chi connectivity index (χ0n) is 43.7. The number of amides is 1. The van der Waals surface area contributed by atoms with Gasteiger partial charge in [0.05, 0.1) is 25.4 Å². The van der Waals surface area contributed by atoms with Gasteiger partial charge >= 0.3 is 5.97 Å². The molecule has 0 saturated carbocycles. The van der Waals surface area contributed by atoms with Crippen LogP contribution in [0.2, 0.25) is 0 Å². The Morgan fingerprint density at radius 3 is 1.27 bits per heavy atom. The zero-order chi connectivity index (χ0) is 47.9. The highest BCUT2D eigenvalue weighted by Gasteiger charge is 2.18. The summed E-state index contributed by atoms with van der Waals surface area (Å²) in [6.07, 6.45) is 71.0. The highest BCUT2D eigenvalue weighted by atomic mass is 16.5. The van der Waals surface area contributed by atoms with Crippen molar-refractivity contribution < 1.29 is 24.5 Å². The maximum Gasteiger partial charge on any atom is 0.305 e. The summed E-state index contributed by atoms with van der Waals surface area (Å²) in [7, 11) is 0. The second-order valence-electron chi connectivity index (χ2n) is 19.3. The van der Waals surface area contributed by atoms with Gasteiger partial charge in [-0.2, -0.15) is 0 Å². The van der Waals surface area contributed by atoms with Gasteiger partial charge in [0.15, 0.2) is 0 Å². The lowest BCUT2D eigenvalue weighted by Crippen LogP contribution is -2.45. The van der Waals surface area contributed by atoms with Crippen molar-refractivity contribution in [3.63, 3.8) is 0 Å². The first-order chi connectivity index (χ1) is 32.5. The first-order valence-electron chi connectivity index (χ1n) is 28.6. The quantitative estimate of drug-likeness (QED) is 0.0244. The number of hydrogen-bond donors (Lipinski definition) is 3. The zero-order valence-corrected chi connectivity index (χ0v) is 43.7. The number of ether oxygens (including phenoxy) is 1. The molecule has 384 valence electrons. The van der Waals surface area contributed by atoms with E-state index in [0.29, 0.717) is 19.4 Å². The van der Waals surface area contributed by atoms with E-state index in [9.17, 15) is 19.8 Å². The first kappa shape index (κ1) is 63.6. The summed E-state index contributed by atoms with van der Waals surface area (Å²) in [5.41, 5.74) is 0. The Kier molecular flexibility index (Phi) is 53.1. The minimum Gasteiger partial charge on any atom is -0.466 e. The summed E-state index contributed by atoms with van der Waals surface area (Å²) in [5, 5.41) is 23.0. The van der Waals surface area contributed by atoms with Gasteiger partial charge < -0.3 is 20.3 Å². The van der Waals surface area contributed by atoms with Crippen molar-refractivity contribution in [2.24, 2.45) is 0 Å². The summed E-state index contributed by atoms with van der Waals surface area (Å²) in [6.45, 7) is 4.82. The third-order valence-corrected chi connectivity index (χ3v) is 12.8. The molecule has 0 aromatic rings. The van der Waals surface area contributed by atoms with Crippen LogP contribution in [0.25, 0.3) is 0 Å². The molecule has 2 unspecified atom stereocenters. The fraction of sp³-hybridized carbons (Fsp3) is 0.800. The number of aliphatic hydroxyl groups excluding tert-OH is 2. The van der Waals surface area contributed by atoms with E-state index >= 15 is 0 Å². The third-order valence-electron chi connectivity index (χ3n) is 12.8. The van der Waals surface area contributed by atoms with Gasteiger partial charge in [-0.25, -0.2) is 0 Å². The fourth-order valence-electron chi connectivity index (χ4n) is 8.36. The van der Waals surface area contributed by atoms with Crippen molar-refractivity contribution in [1.29, 1.82) is 0 Å². The number of unbranched alkanes of at least 4 members (excludes halogenated alkanes) is 34. The third kappa shape index (κ3) is 51.0. The molecule has 1 amide bonds. The van der Waals surface area contributed by atoms with Crippen LogP contribution in [0.15, 0.2) is 60.8 Å². The van der Waals surface area contributed by atoms with Gasteiger partial charge in [-0.05, 0) is 96.3 Å². The molecule has 0 aromatic carbocycles. The van der Waals surface area contributed by atoms with Crippen LogP contribution >= 0.6 is 0 Å². The lowest BCUT2D eigenvalue weighted by Gasteiger charge is -2.20. The molecule has 0 fully saturated rings. The van der Waals surface area contributed by atoms with Crippen LogP contribution in [-0.4, -0.2) is 47.4 Å². The molecule has 0 spiro atoms. The van der Waals surface area contributed by atoms with Crippen molar-refractivity contribution in [1.82, 2.24) is 5.32 Å². The number of rotatable bonds is 52. The van der Waals surface area contributed by atoms with Gasteiger partial charge in [0.25, 0.3) is 0 Å². The predicted octanol–water partition coefficient (Wildman–Crippen LogP) is 17.6. The summed E-state index contributed by atoms with van der Waals surface area (Å²) in [6, 6.07) is -0.635. The summed E-state index contributed by atoms with van der Waals surface area (Å²) in [5.74, 6) is -0.0994. The predicted molar refractivity (Wildman–Crippen MR) is 287 cm³/mol. The van der Waals surface area contributed by atoms with Crippen LogP contribution in [0.4, 0.5) is 0 Å². The molecule has 0 rings (SSSR count). The number of carbonyl (C=O) groups is 2. The van der Waals surface area contributed by atoms with Crippen LogP contribution in [0.5, 0.6) is 0 Å². The number of hydrogen-bond acceptors (Lipinski definition) is 5. The Morgan fingerprint density at radius 2 is 0.803 bits per heavy atom. The average Bonchev–Trinajstić information content (AvgIpc) is 3.32. The van der Waals surface area contributed by atoms with Crippen LogP contribution in [0.1, 0.15) is 284 Å². The molecule has 66 heavy (non-hydrogen) atoms. The summed E-state index contributed by atoms with van der Waals surface area (Å²) >= 11 is 0. The Morgan fingerprint density at radius 1 is 0.439 bits per heavy atom. The smallest absolute Gasteiger partial charge is 0.305 e. The van der Waals surface area contributed by atoms with Crippen molar-refractivity contribution in [2.75, 3.05) is 13.2 Å². The number of allylic oxidation sites excluding steroid dienone is 9. The number of esters is 1. The monoisotopic (exact) mass is 924 g/mol. The molecule has 0 aliphatic carbocycles. The summed E-state index contributed by atoms with van der Waals surface area (Å²) in [4.78, 5) is 24.5. The minimum atomic E-state index is -0.851. The highest BCUT2D eigenvalue weighted by molar-refractivity contribution is 5.76. The Labute approximate surface area is 409 Å². The van der Waals surface area contributed by atoms with E-state index in [4.69, 9.17) is 4.74 Å². The fourth-order valence-corrected chi connectivity index (χ4v) is 8.36. The molecule has 0 aromatic heterocycles. The second kappa shape index (κ2) is 55.2. The molecule has 0 aliphatic heterocycles. The molecule has 0 saturated heterocycles. The maximum absolute atomic E-state index is 12.4. The Hall–Kier alpha value is -2.44. The summed E-state index contributed by atoms with van der Waals surface area (Å²) < 4.78 is 5.46. The van der Waals surface area contributed by atoms with Crippen LogP contribution in [-0.2, 0) is 14.3 Å². The second-order valence-corrected chi connectivity index (χ2v) is 19.3. The number of carbonyl (C=O) groups excluding carboxylic acids is 2. The van der Waals surface area contributed by atoms with Gasteiger partial charge in [0.2, 0.25) is 5.91 Å². The van der Waals surface area contributed by atoms with Crippen molar-refractivity contribution in [3.05, 3.63) is 60.8 Å². The largest absolute Gasteiger partial charge is 0.466 e. The molecule has 6 nitrogen and oxygen atoms in total. The molecule has 0 bridgehead atoms. The van der Waals surface area contributed by atoms with Gasteiger partial charge in [-0.1, -0.05) is 235 Å².